The minimum absolute atomic E-state index is 0.143. The Morgan fingerprint density at radius 1 is 1.03 bits per heavy atom. The van der Waals surface area contributed by atoms with Crippen molar-refractivity contribution in [1.29, 1.82) is 0 Å². The van der Waals surface area contributed by atoms with Crippen LogP contribution in [-0.4, -0.2) is 53.3 Å². The van der Waals surface area contributed by atoms with Gasteiger partial charge in [-0.25, -0.2) is 4.98 Å². The molecule has 1 saturated heterocycles. The molecular formula is C28H30F3N5O3. The molecule has 5 rings (SSSR count). The van der Waals surface area contributed by atoms with Crippen LogP contribution < -0.4 is 15.9 Å². The van der Waals surface area contributed by atoms with Crippen LogP contribution in [0.15, 0.2) is 53.3 Å². The van der Waals surface area contributed by atoms with Gasteiger partial charge in [-0.1, -0.05) is 29.8 Å². The first-order valence-electron chi connectivity index (χ1n) is 12.9. The van der Waals surface area contributed by atoms with E-state index in [4.69, 9.17) is 9.72 Å². The highest BCUT2D eigenvalue weighted by molar-refractivity contribution is 5.94. The normalized spacial score (nSPS) is 16.5. The number of nitrogens with zero attached hydrogens (tertiary/aromatic N) is 4. The van der Waals surface area contributed by atoms with Crippen molar-refractivity contribution in [1.82, 2.24) is 14.6 Å². The molecular weight excluding hydrogens is 511 g/mol. The van der Waals surface area contributed by atoms with Gasteiger partial charge >= 0.3 is 6.18 Å². The minimum Gasteiger partial charge on any atom is -0.378 e. The van der Waals surface area contributed by atoms with Crippen molar-refractivity contribution < 1.29 is 22.7 Å². The van der Waals surface area contributed by atoms with E-state index < -0.39 is 17.8 Å². The Bertz CT molecular complexity index is 1400. The van der Waals surface area contributed by atoms with Crippen molar-refractivity contribution in [2.24, 2.45) is 0 Å². The summed E-state index contributed by atoms with van der Waals surface area (Å²) >= 11 is 0. The summed E-state index contributed by atoms with van der Waals surface area (Å²) in [5.41, 5.74) is 2.32. The molecule has 0 radical (unpaired) electrons. The summed E-state index contributed by atoms with van der Waals surface area (Å²) in [6.45, 7) is 6.14. The Balaban J connectivity index is 1.46. The van der Waals surface area contributed by atoms with Crippen LogP contribution in [0.5, 0.6) is 0 Å². The second kappa shape index (κ2) is 10.7. The molecule has 1 fully saturated rings. The third-order valence-electron chi connectivity index (χ3n) is 7.15. The monoisotopic (exact) mass is 541 g/mol. The van der Waals surface area contributed by atoms with Crippen LogP contribution in [0.2, 0.25) is 0 Å². The number of alkyl halides is 3. The number of hydrogen-bond donors (Lipinski definition) is 1. The van der Waals surface area contributed by atoms with Crippen LogP contribution in [0.1, 0.15) is 51.3 Å². The first-order valence-corrected chi connectivity index (χ1v) is 12.9. The van der Waals surface area contributed by atoms with E-state index in [9.17, 15) is 22.8 Å². The molecule has 39 heavy (non-hydrogen) atoms. The zero-order chi connectivity index (χ0) is 27.7. The summed E-state index contributed by atoms with van der Waals surface area (Å²) in [5.74, 6) is 0.169. The highest BCUT2D eigenvalue weighted by atomic mass is 19.4. The van der Waals surface area contributed by atoms with Crippen molar-refractivity contribution in [3.05, 3.63) is 92.4 Å². The number of anilines is 1. The fourth-order valence-corrected chi connectivity index (χ4v) is 4.87. The molecule has 0 unspecified atom stereocenters. The van der Waals surface area contributed by atoms with Crippen LogP contribution in [0, 0.1) is 6.92 Å². The van der Waals surface area contributed by atoms with Gasteiger partial charge in [-0.2, -0.15) is 17.8 Å². The number of hydrogen-bond acceptors (Lipinski definition) is 6. The number of rotatable bonds is 5. The maximum atomic E-state index is 13.9. The Hall–Kier alpha value is -3.86. The van der Waals surface area contributed by atoms with Gasteiger partial charge in [0.15, 0.2) is 0 Å². The molecule has 0 saturated carbocycles. The second-order valence-electron chi connectivity index (χ2n) is 9.87. The van der Waals surface area contributed by atoms with Crippen molar-refractivity contribution in [2.75, 3.05) is 43.2 Å². The van der Waals surface area contributed by atoms with Gasteiger partial charge in [-0.15, -0.1) is 0 Å². The molecule has 2 aliphatic heterocycles. The fraction of sp³-hybridized carbons (Fsp3) is 0.393. The van der Waals surface area contributed by atoms with E-state index in [0.29, 0.717) is 67.6 Å². The largest absolute Gasteiger partial charge is 0.416 e. The Kier molecular flexibility index (Phi) is 7.35. The lowest BCUT2D eigenvalue weighted by molar-refractivity contribution is -0.137. The van der Waals surface area contributed by atoms with E-state index in [1.54, 1.807) is 24.0 Å². The molecule has 206 valence electrons. The van der Waals surface area contributed by atoms with E-state index in [1.165, 1.54) is 16.8 Å². The summed E-state index contributed by atoms with van der Waals surface area (Å²) in [7, 11) is 0. The van der Waals surface area contributed by atoms with Gasteiger partial charge in [-0.05, 0) is 43.7 Å². The third-order valence-corrected chi connectivity index (χ3v) is 7.15. The van der Waals surface area contributed by atoms with E-state index in [0.717, 1.165) is 17.7 Å². The zero-order valence-corrected chi connectivity index (χ0v) is 21.8. The molecule has 0 aliphatic carbocycles. The number of amides is 1. The zero-order valence-electron chi connectivity index (χ0n) is 21.8. The maximum absolute atomic E-state index is 13.9. The topological polar surface area (TPSA) is 79.7 Å². The van der Waals surface area contributed by atoms with Gasteiger partial charge in [0.2, 0.25) is 5.95 Å². The van der Waals surface area contributed by atoms with Crippen molar-refractivity contribution in [3.8, 4) is 0 Å². The minimum atomic E-state index is -4.42. The summed E-state index contributed by atoms with van der Waals surface area (Å²) in [6.07, 6.45) is -4.00. The lowest BCUT2D eigenvalue weighted by Gasteiger charge is -2.35. The quantitative estimate of drug-likeness (QED) is 0.528. The number of aromatic nitrogens is 2. The highest BCUT2D eigenvalue weighted by Crippen LogP contribution is 2.30. The predicted molar refractivity (Wildman–Crippen MR) is 140 cm³/mol. The Labute approximate surface area is 224 Å². The number of nitrogens with one attached hydrogen (secondary N) is 1. The van der Waals surface area contributed by atoms with Crippen molar-refractivity contribution in [3.63, 3.8) is 0 Å². The molecule has 8 nitrogen and oxygen atoms in total. The van der Waals surface area contributed by atoms with Crippen LogP contribution in [0.25, 0.3) is 0 Å². The number of carbonyl (C=O) groups excluding carboxylic acids is 1. The average Bonchev–Trinajstić information content (AvgIpc) is 2.93. The summed E-state index contributed by atoms with van der Waals surface area (Å²) in [4.78, 5) is 33.5. The predicted octanol–water partition coefficient (Wildman–Crippen LogP) is 3.91. The van der Waals surface area contributed by atoms with Gasteiger partial charge in [-0.3, -0.25) is 9.59 Å². The molecule has 0 bridgehead atoms. The molecule has 1 amide bonds. The van der Waals surface area contributed by atoms with Gasteiger partial charge < -0.3 is 20.0 Å². The van der Waals surface area contributed by atoms with E-state index in [1.807, 2.05) is 24.1 Å². The number of carbonyl (C=O) groups is 1. The summed E-state index contributed by atoms with van der Waals surface area (Å²) in [6, 6.07) is 11.8. The van der Waals surface area contributed by atoms with Crippen LogP contribution >= 0.6 is 0 Å². The van der Waals surface area contributed by atoms with E-state index >= 15 is 0 Å². The fourth-order valence-electron chi connectivity index (χ4n) is 4.87. The first-order chi connectivity index (χ1) is 18.6. The average molecular weight is 542 g/mol. The van der Waals surface area contributed by atoms with Crippen LogP contribution in [0.4, 0.5) is 19.1 Å². The number of aryl methyl sites for hydroxylation is 1. The number of fused-ring (bicyclic) bond motifs is 1. The second-order valence-corrected chi connectivity index (χ2v) is 9.87. The molecule has 3 heterocycles. The number of morpholine rings is 1. The van der Waals surface area contributed by atoms with E-state index in [2.05, 4.69) is 5.32 Å². The molecule has 2 aromatic carbocycles. The molecule has 2 aliphatic rings. The Morgan fingerprint density at radius 3 is 2.33 bits per heavy atom. The van der Waals surface area contributed by atoms with Crippen LogP contribution in [-0.2, 0) is 23.9 Å². The number of benzene rings is 2. The maximum Gasteiger partial charge on any atom is 0.416 e. The molecule has 1 atom stereocenters. The smallest absolute Gasteiger partial charge is 0.378 e. The molecule has 3 aromatic rings. The molecule has 1 N–H and O–H groups in total. The third kappa shape index (κ3) is 5.63. The summed E-state index contributed by atoms with van der Waals surface area (Å²) in [5, 5.41) is 5.09. The number of halogens is 3. The van der Waals surface area contributed by atoms with Crippen LogP contribution in [0.3, 0.4) is 0 Å². The summed E-state index contributed by atoms with van der Waals surface area (Å²) < 4.78 is 46.0. The van der Waals surface area contributed by atoms with E-state index in [-0.39, 0.29) is 18.0 Å². The van der Waals surface area contributed by atoms with Gasteiger partial charge in [0.05, 0.1) is 55.7 Å². The lowest BCUT2D eigenvalue weighted by atomic mass is 10.0. The first kappa shape index (κ1) is 26.7. The molecule has 1 aromatic heterocycles. The van der Waals surface area contributed by atoms with Crippen molar-refractivity contribution >= 4 is 11.9 Å². The highest BCUT2D eigenvalue weighted by Gasteiger charge is 2.31. The van der Waals surface area contributed by atoms with Gasteiger partial charge in [0.1, 0.15) is 0 Å². The van der Waals surface area contributed by atoms with Crippen molar-refractivity contribution in [2.45, 2.75) is 39.0 Å². The Morgan fingerprint density at radius 2 is 1.69 bits per heavy atom. The molecule has 0 spiro atoms. The lowest BCUT2D eigenvalue weighted by Crippen LogP contribution is -2.52. The SMILES string of the molecule is Cc1ccc(C(=O)N2CCc3nc(N[C@@H](C)c4ccc(C(F)(F)F)cc4)n(N4CCOCC4)c(=O)c3C2)cc1. The molecule has 11 heteroatoms. The number of ether oxygens (including phenoxy) is 1. The van der Waals surface area contributed by atoms with Gasteiger partial charge in [0, 0.05) is 18.5 Å². The standard InChI is InChI=1S/C28H30F3N5O3/c1-18-3-5-21(6-4-18)25(37)34-12-11-24-23(17-34)26(38)36(35-13-15-39-16-14-35)27(33-24)32-19(2)20-7-9-22(10-8-20)28(29,30)31/h3-10,19H,11-17H2,1-2H3,(H,32,33)/t19-/m0/s1. The van der Waals surface area contributed by atoms with Gasteiger partial charge in [0.25, 0.3) is 11.5 Å².